The van der Waals surface area contributed by atoms with Crippen molar-refractivity contribution in [2.24, 2.45) is 5.73 Å². The van der Waals surface area contributed by atoms with E-state index in [1.807, 2.05) is 0 Å². The number of rotatable bonds is 0. The number of hydrogen-bond donors (Lipinski definition) is 2. The molecule has 0 aromatic heterocycles. The molecule has 2 amide bonds. The first-order valence-corrected chi connectivity index (χ1v) is 3.88. The largest absolute Gasteiger partial charge is 0.391 e. The van der Waals surface area contributed by atoms with Crippen LogP contribution in [0.5, 0.6) is 0 Å². The summed E-state index contributed by atoms with van der Waals surface area (Å²) in [6.07, 6.45) is 0.893. The van der Waals surface area contributed by atoms with Crippen molar-refractivity contribution in [3.63, 3.8) is 0 Å². The molecule has 1 atom stereocenters. The zero-order valence-corrected chi connectivity index (χ0v) is 6.69. The van der Waals surface area contributed by atoms with Gasteiger partial charge in [-0.3, -0.25) is 9.59 Å². The predicted octanol–water partition coefficient (Wildman–Crippen LogP) is -1.54. The standard InChI is InChI=1S/C7H12N2O3/c8-6(11)7(12)9-3-1-2-5(10)4-9/h5,10H,1-4H2,(H2,8,11). The molecule has 3 N–H and O–H groups in total. The maximum atomic E-state index is 11.0. The SMILES string of the molecule is NC(=O)C(=O)N1CCCC(O)C1. The number of primary amides is 1. The highest BCUT2D eigenvalue weighted by molar-refractivity contribution is 6.34. The molecule has 68 valence electrons. The summed E-state index contributed by atoms with van der Waals surface area (Å²) < 4.78 is 0. The van der Waals surface area contributed by atoms with Crippen molar-refractivity contribution < 1.29 is 14.7 Å². The Hall–Kier alpha value is -1.10. The Balaban J connectivity index is 2.51. The van der Waals surface area contributed by atoms with E-state index in [1.165, 1.54) is 4.90 Å². The summed E-state index contributed by atoms with van der Waals surface area (Å²) in [6.45, 7) is 0.737. The number of carbonyl (C=O) groups excluding carboxylic acids is 2. The van der Waals surface area contributed by atoms with E-state index in [9.17, 15) is 9.59 Å². The smallest absolute Gasteiger partial charge is 0.311 e. The molecule has 5 heteroatoms. The highest BCUT2D eigenvalue weighted by Gasteiger charge is 2.24. The maximum absolute atomic E-state index is 11.0. The lowest BCUT2D eigenvalue weighted by molar-refractivity contribution is -0.146. The van der Waals surface area contributed by atoms with Crippen LogP contribution in [0.2, 0.25) is 0 Å². The number of amides is 2. The first kappa shape index (κ1) is 8.99. The third kappa shape index (κ3) is 1.94. The fourth-order valence-electron chi connectivity index (χ4n) is 1.30. The molecular formula is C7H12N2O3. The summed E-state index contributed by atoms with van der Waals surface area (Å²) in [6, 6.07) is 0. The van der Waals surface area contributed by atoms with Gasteiger partial charge >= 0.3 is 11.8 Å². The van der Waals surface area contributed by atoms with E-state index in [0.29, 0.717) is 13.0 Å². The zero-order chi connectivity index (χ0) is 9.14. The number of β-amino-alcohol motifs (C(OH)–C–C–N with tert-alkyl or cyclic N) is 1. The molecule has 12 heavy (non-hydrogen) atoms. The van der Waals surface area contributed by atoms with E-state index in [4.69, 9.17) is 10.8 Å². The second kappa shape index (κ2) is 3.53. The van der Waals surface area contributed by atoms with Gasteiger partial charge in [0.2, 0.25) is 0 Å². The molecular weight excluding hydrogens is 160 g/mol. The molecule has 1 unspecified atom stereocenters. The summed E-state index contributed by atoms with van der Waals surface area (Å²) in [4.78, 5) is 22.7. The predicted molar refractivity (Wildman–Crippen MR) is 41.0 cm³/mol. The lowest BCUT2D eigenvalue weighted by atomic mass is 10.1. The second-order valence-electron chi connectivity index (χ2n) is 2.91. The quantitative estimate of drug-likeness (QED) is 0.434. The summed E-state index contributed by atoms with van der Waals surface area (Å²) >= 11 is 0. The molecule has 0 radical (unpaired) electrons. The van der Waals surface area contributed by atoms with Crippen LogP contribution in [0.25, 0.3) is 0 Å². The molecule has 0 aromatic carbocycles. The minimum Gasteiger partial charge on any atom is -0.391 e. The average molecular weight is 172 g/mol. The third-order valence-electron chi connectivity index (χ3n) is 1.89. The van der Waals surface area contributed by atoms with Gasteiger partial charge in [-0.05, 0) is 12.8 Å². The Labute approximate surface area is 70.1 Å². The van der Waals surface area contributed by atoms with E-state index >= 15 is 0 Å². The number of hydrogen-bond acceptors (Lipinski definition) is 3. The minimum absolute atomic E-state index is 0.224. The normalized spacial score (nSPS) is 23.8. The average Bonchev–Trinajstić information content (AvgIpc) is 2.03. The Kier molecular flexibility index (Phi) is 2.65. The van der Waals surface area contributed by atoms with Gasteiger partial charge in [0, 0.05) is 13.1 Å². The molecule has 0 bridgehead atoms. The number of likely N-dealkylation sites (tertiary alicyclic amines) is 1. The van der Waals surface area contributed by atoms with E-state index in [1.54, 1.807) is 0 Å². The van der Waals surface area contributed by atoms with Crippen LogP contribution in [-0.2, 0) is 9.59 Å². The topological polar surface area (TPSA) is 83.6 Å². The summed E-state index contributed by atoms with van der Waals surface area (Å²) in [5.74, 6) is -1.65. The fourth-order valence-corrected chi connectivity index (χ4v) is 1.30. The molecule has 5 nitrogen and oxygen atoms in total. The van der Waals surface area contributed by atoms with Gasteiger partial charge < -0.3 is 15.7 Å². The third-order valence-corrected chi connectivity index (χ3v) is 1.89. The van der Waals surface area contributed by atoms with E-state index in [2.05, 4.69) is 0 Å². The van der Waals surface area contributed by atoms with Gasteiger partial charge in [0.1, 0.15) is 0 Å². The summed E-state index contributed by atoms with van der Waals surface area (Å²) in [7, 11) is 0. The Morgan fingerprint density at radius 2 is 2.17 bits per heavy atom. The Morgan fingerprint density at radius 1 is 1.50 bits per heavy atom. The van der Waals surface area contributed by atoms with E-state index < -0.39 is 17.9 Å². The Morgan fingerprint density at radius 3 is 2.67 bits per heavy atom. The Bertz CT molecular complexity index is 205. The number of nitrogens with two attached hydrogens (primary N) is 1. The van der Waals surface area contributed by atoms with Crippen LogP contribution in [0.15, 0.2) is 0 Å². The monoisotopic (exact) mass is 172 g/mol. The molecule has 0 aromatic rings. The van der Waals surface area contributed by atoms with Crippen molar-refractivity contribution in [2.45, 2.75) is 18.9 Å². The van der Waals surface area contributed by atoms with Gasteiger partial charge in [0.05, 0.1) is 6.10 Å². The van der Waals surface area contributed by atoms with Crippen LogP contribution < -0.4 is 5.73 Å². The van der Waals surface area contributed by atoms with Crippen molar-refractivity contribution >= 4 is 11.8 Å². The molecule has 0 aliphatic carbocycles. The lowest BCUT2D eigenvalue weighted by Gasteiger charge is -2.28. The van der Waals surface area contributed by atoms with Gasteiger partial charge in [-0.2, -0.15) is 0 Å². The molecule has 1 saturated heterocycles. The van der Waals surface area contributed by atoms with Crippen molar-refractivity contribution in [1.29, 1.82) is 0 Å². The fraction of sp³-hybridized carbons (Fsp3) is 0.714. The molecule has 1 fully saturated rings. The van der Waals surface area contributed by atoms with Crippen LogP contribution in [-0.4, -0.2) is 41.0 Å². The number of aliphatic hydroxyl groups excluding tert-OH is 1. The summed E-state index contributed by atoms with van der Waals surface area (Å²) in [5, 5.41) is 9.16. The first-order chi connectivity index (χ1) is 5.61. The van der Waals surface area contributed by atoms with Crippen LogP contribution in [0.1, 0.15) is 12.8 Å². The van der Waals surface area contributed by atoms with Crippen molar-refractivity contribution in [2.75, 3.05) is 13.1 Å². The van der Waals surface area contributed by atoms with Crippen LogP contribution in [0.3, 0.4) is 0 Å². The van der Waals surface area contributed by atoms with Crippen LogP contribution >= 0.6 is 0 Å². The number of carbonyl (C=O) groups is 2. The highest BCUT2D eigenvalue weighted by atomic mass is 16.3. The van der Waals surface area contributed by atoms with E-state index in [0.717, 1.165) is 6.42 Å². The second-order valence-corrected chi connectivity index (χ2v) is 2.91. The zero-order valence-electron chi connectivity index (χ0n) is 6.69. The van der Waals surface area contributed by atoms with Crippen LogP contribution in [0, 0.1) is 0 Å². The van der Waals surface area contributed by atoms with Gasteiger partial charge in [0.25, 0.3) is 0 Å². The number of piperidine rings is 1. The molecule has 0 spiro atoms. The van der Waals surface area contributed by atoms with Gasteiger partial charge in [-0.15, -0.1) is 0 Å². The molecule has 1 aliphatic rings. The molecule has 0 saturated carbocycles. The number of nitrogens with zero attached hydrogens (tertiary/aromatic N) is 1. The highest BCUT2D eigenvalue weighted by Crippen LogP contribution is 2.09. The molecule has 1 rings (SSSR count). The first-order valence-electron chi connectivity index (χ1n) is 3.88. The van der Waals surface area contributed by atoms with Crippen LogP contribution in [0.4, 0.5) is 0 Å². The van der Waals surface area contributed by atoms with Crippen molar-refractivity contribution in [3.8, 4) is 0 Å². The maximum Gasteiger partial charge on any atom is 0.311 e. The lowest BCUT2D eigenvalue weighted by Crippen LogP contribution is -2.47. The molecule has 1 heterocycles. The van der Waals surface area contributed by atoms with Gasteiger partial charge in [-0.25, -0.2) is 0 Å². The van der Waals surface area contributed by atoms with Gasteiger partial charge in [0.15, 0.2) is 0 Å². The minimum atomic E-state index is -0.955. The number of aliphatic hydroxyl groups is 1. The van der Waals surface area contributed by atoms with Crippen molar-refractivity contribution in [3.05, 3.63) is 0 Å². The van der Waals surface area contributed by atoms with E-state index in [-0.39, 0.29) is 6.54 Å². The van der Waals surface area contributed by atoms with Crippen molar-refractivity contribution in [1.82, 2.24) is 4.90 Å². The summed E-state index contributed by atoms with van der Waals surface area (Å²) in [5.41, 5.74) is 4.80. The molecule has 1 aliphatic heterocycles. The van der Waals surface area contributed by atoms with Gasteiger partial charge in [-0.1, -0.05) is 0 Å².